The van der Waals surface area contributed by atoms with Gasteiger partial charge in [-0.1, -0.05) is 59.8 Å². The normalized spacial score (nSPS) is 37.7. The number of rotatable bonds is 5. The van der Waals surface area contributed by atoms with Gasteiger partial charge in [0.15, 0.2) is 0 Å². The second-order valence-electron chi connectivity index (χ2n) is 5.38. The Morgan fingerprint density at radius 2 is 1.57 bits per heavy atom. The van der Waals surface area contributed by atoms with Gasteiger partial charge in [0.25, 0.3) is 0 Å². The molecule has 4 unspecified atom stereocenters. The van der Waals surface area contributed by atoms with E-state index < -0.39 is 0 Å². The first-order valence-corrected chi connectivity index (χ1v) is 6.70. The molecule has 0 bridgehead atoms. The topological polar surface area (TPSA) is 0 Å². The van der Waals surface area contributed by atoms with E-state index in [0.717, 1.165) is 23.7 Å². The van der Waals surface area contributed by atoms with Gasteiger partial charge in [0.2, 0.25) is 0 Å². The first kappa shape index (κ1) is 12.1. The third-order valence-corrected chi connectivity index (χ3v) is 4.62. The van der Waals surface area contributed by atoms with E-state index in [1.807, 2.05) is 0 Å². The molecule has 14 heavy (non-hydrogen) atoms. The van der Waals surface area contributed by atoms with E-state index in [0.29, 0.717) is 0 Å². The molecule has 1 rings (SSSR count). The molecule has 0 radical (unpaired) electrons. The molecule has 0 aromatic heterocycles. The highest BCUT2D eigenvalue weighted by molar-refractivity contribution is 4.85. The number of hydrogen-bond acceptors (Lipinski definition) is 0. The van der Waals surface area contributed by atoms with Crippen molar-refractivity contribution in [1.82, 2.24) is 0 Å². The van der Waals surface area contributed by atoms with Crippen LogP contribution in [-0.2, 0) is 0 Å². The predicted molar refractivity (Wildman–Crippen MR) is 64.4 cm³/mol. The smallest absolute Gasteiger partial charge is 0.0383 e. The quantitative estimate of drug-likeness (QED) is 0.549. The van der Waals surface area contributed by atoms with Crippen LogP contribution in [0, 0.1) is 23.7 Å². The van der Waals surface area contributed by atoms with Crippen molar-refractivity contribution in [2.24, 2.45) is 23.7 Å². The molecule has 0 N–H and O–H groups in total. The summed E-state index contributed by atoms with van der Waals surface area (Å²) in [5.74, 6) is 4.03. The van der Waals surface area contributed by atoms with E-state index in [1.54, 1.807) is 0 Å². The van der Waals surface area contributed by atoms with Gasteiger partial charge in [0.05, 0.1) is 0 Å². The van der Waals surface area contributed by atoms with Crippen molar-refractivity contribution in [2.75, 3.05) is 0 Å². The summed E-state index contributed by atoms with van der Waals surface area (Å²) in [6.45, 7) is 9.62. The fraction of sp³-hybridized carbons (Fsp3) is 1.00. The SMILES string of the molecule is CCCCCC1CC(CC)C(C)C1C. The fourth-order valence-electron chi connectivity index (χ4n) is 3.25. The highest BCUT2D eigenvalue weighted by Gasteiger charge is 2.35. The first-order chi connectivity index (χ1) is 6.70. The van der Waals surface area contributed by atoms with Crippen LogP contribution in [0.15, 0.2) is 0 Å². The maximum atomic E-state index is 2.48. The van der Waals surface area contributed by atoms with Gasteiger partial charge >= 0.3 is 0 Å². The zero-order valence-corrected chi connectivity index (χ0v) is 10.6. The predicted octanol–water partition coefficient (Wildman–Crippen LogP) is 4.89. The van der Waals surface area contributed by atoms with Gasteiger partial charge in [0.1, 0.15) is 0 Å². The molecule has 0 heterocycles. The Kier molecular flexibility index (Phi) is 4.98. The van der Waals surface area contributed by atoms with E-state index >= 15 is 0 Å². The molecule has 84 valence electrons. The minimum Gasteiger partial charge on any atom is -0.0654 e. The van der Waals surface area contributed by atoms with Crippen LogP contribution >= 0.6 is 0 Å². The van der Waals surface area contributed by atoms with E-state index in [2.05, 4.69) is 27.7 Å². The average Bonchev–Trinajstić information content (AvgIpc) is 2.46. The molecule has 0 aromatic rings. The van der Waals surface area contributed by atoms with Crippen molar-refractivity contribution in [3.05, 3.63) is 0 Å². The zero-order valence-electron chi connectivity index (χ0n) is 10.6. The van der Waals surface area contributed by atoms with Crippen LogP contribution in [0.2, 0.25) is 0 Å². The van der Waals surface area contributed by atoms with Crippen molar-refractivity contribution in [3.63, 3.8) is 0 Å². The Labute approximate surface area is 90.5 Å². The maximum Gasteiger partial charge on any atom is -0.0383 e. The summed E-state index contributed by atoms with van der Waals surface area (Å²) >= 11 is 0. The monoisotopic (exact) mass is 196 g/mol. The van der Waals surface area contributed by atoms with Crippen molar-refractivity contribution >= 4 is 0 Å². The van der Waals surface area contributed by atoms with E-state index in [-0.39, 0.29) is 0 Å². The van der Waals surface area contributed by atoms with Crippen LogP contribution in [0.3, 0.4) is 0 Å². The summed E-state index contributed by atoms with van der Waals surface area (Å²) in [6, 6.07) is 0. The van der Waals surface area contributed by atoms with E-state index in [4.69, 9.17) is 0 Å². The number of hydrogen-bond donors (Lipinski definition) is 0. The third-order valence-electron chi connectivity index (χ3n) is 4.62. The van der Waals surface area contributed by atoms with Crippen LogP contribution < -0.4 is 0 Å². The van der Waals surface area contributed by atoms with E-state index in [9.17, 15) is 0 Å². The molecule has 1 aliphatic rings. The fourth-order valence-corrected chi connectivity index (χ4v) is 3.25. The Morgan fingerprint density at radius 1 is 0.929 bits per heavy atom. The minimum atomic E-state index is 0.978. The molecule has 0 nitrogen and oxygen atoms in total. The summed E-state index contributed by atoms with van der Waals surface area (Å²) in [7, 11) is 0. The molecule has 0 saturated heterocycles. The van der Waals surface area contributed by atoms with Gasteiger partial charge < -0.3 is 0 Å². The van der Waals surface area contributed by atoms with Crippen molar-refractivity contribution in [1.29, 1.82) is 0 Å². The number of unbranched alkanes of at least 4 members (excludes halogenated alkanes) is 2. The van der Waals surface area contributed by atoms with Crippen LogP contribution in [0.25, 0.3) is 0 Å². The molecule has 1 saturated carbocycles. The van der Waals surface area contributed by atoms with Gasteiger partial charge in [-0.25, -0.2) is 0 Å². The average molecular weight is 196 g/mol. The molecule has 0 heteroatoms. The second kappa shape index (κ2) is 5.78. The molecule has 1 fully saturated rings. The summed E-state index contributed by atoms with van der Waals surface area (Å²) in [5, 5.41) is 0. The van der Waals surface area contributed by atoms with Crippen molar-refractivity contribution in [3.8, 4) is 0 Å². The Morgan fingerprint density at radius 3 is 2.07 bits per heavy atom. The van der Waals surface area contributed by atoms with Crippen molar-refractivity contribution in [2.45, 2.75) is 66.2 Å². The molecule has 0 amide bonds. The van der Waals surface area contributed by atoms with Crippen LogP contribution in [0.5, 0.6) is 0 Å². The Hall–Kier alpha value is 0. The first-order valence-electron chi connectivity index (χ1n) is 6.70. The molecule has 0 spiro atoms. The van der Waals surface area contributed by atoms with Gasteiger partial charge in [0, 0.05) is 0 Å². The molecule has 4 atom stereocenters. The van der Waals surface area contributed by atoms with Crippen molar-refractivity contribution < 1.29 is 0 Å². The molecule has 0 aromatic carbocycles. The molecular weight excluding hydrogens is 168 g/mol. The lowest BCUT2D eigenvalue weighted by molar-refractivity contribution is 0.313. The van der Waals surface area contributed by atoms with Gasteiger partial charge in [-0.15, -0.1) is 0 Å². The van der Waals surface area contributed by atoms with Gasteiger partial charge in [-0.2, -0.15) is 0 Å². The Balaban J connectivity index is 2.32. The lowest BCUT2D eigenvalue weighted by Crippen LogP contribution is -2.10. The standard InChI is InChI=1S/C14H28/c1-5-7-8-9-14-10-13(6-2)11(3)12(14)4/h11-14H,5-10H2,1-4H3. The third kappa shape index (κ3) is 2.74. The maximum absolute atomic E-state index is 2.48. The van der Waals surface area contributed by atoms with Gasteiger partial charge in [-0.05, 0) is 30.1 Å². The van der Waals surface area contributed by atoms with Crippen LogP contribution in [-0.4, -0.2) is 0 Å². The lowest BCUT2D eigenvalue weighted by Gasteiger charge is -2.18. The summed E-state index contributed by atoms with van der Waals surface area (Å²) in [5.41, 5.74) is 0. The minimum absolute atomic E-state index is 0.978. The summed E-state index contributed by atoms with van der Waals surface area (Å²) in [6.07, 6.45) is 8.69. The van der Waals surface area contributed by atoms with Crippen LogP contribution in [0.4, 0.5) is 0 Å². The Bertz CT molecular complexity index is 150. The zero-order chi connectivity index (χ0) is 10.6. The molecular formula is C14H28. The largest absolute Gasteiger partial charge is 0.0654 e. The molecule has 1 aliphatic carbocycles. The van der Waals surface area contributed by atoms with Gasteiger partial charge in [-0.3, -0.25) is 0 Å². The molecule has 0 aliphatic heterocycles. The van der Waals surface area contributed by atoms with Crippen LogP contribution in [0.1, 0.15) is 66.2 Å². The highest BCUT2D eigenvalue weighted by atomic mass is 14.4. The highest BCUT2D eigenvalue weighted by Crippen LogP contribution is 2.44. The second-order valence-corrected chi connectivity index (χ2v) is 5.38. The summed E-state index contributed by atoms with van der Waals surface area (Å²) < 4.78 is 0. The summed E-state index contributed by atoms with van der Waals surface area (Å²) in [4.78, 5) is 0. The van der Waals surface area contributed by atoms with E-state index in [1.165, 1.54) is 38.5 Å². The lowest BCUT2D eigenvalue weighted by atomic mass is 9.87.